The summed E-state index contributed by atoms with van der Waals surface area (Å²) in [6.45, 7) is 1.08. The van der Waals surface area contributed by atoms with E-state index in [0.29, 0.717) is 54.2 Å². The van der Waals surface area contributed by atoms with Gasteiger partial charge < -0.3 is 44.3 Å². The van der Waals surface area contributed by atoms with Gasteiger partial charge in [0.15, 0.2) is 24.0 Å². The molecule has 4 aromatic rings. The maximum Gasteiger partial charge on any atom is 0.414 e. The largest absolute Gasteiger partial charge is 0.493 e. The van der Waals surface area contributed by atoms with Gasteiger partial charge in [0.1, 0.15) is 4.88 Å². The molecule has 0 radical (unpaired) electrons. The number of rotatable bonds is 12. The molecule has 2 saturated heterocycles. The van der Waals surface area contributed by atoms with Crippen LogP contribution in [0.4, 0.5) is 21.9 Å². The molecule has 3 aromatic carbocycles. The molecule has 0 spiro atoms. The smallest absolute Gasteiger partial charge is 0.414 e. The van der Waals surface area contributed by atoms with Gasteiger partial charge in [-0.15, -0.1) is 11.3 Å². The average Bonchev–Trinajstić information content (AvgIpc) is 3.62. The molecule has 0 bridgehead atoms. The van der Waals surface area contributed by atoms with Crippen LogP contribution in [0.25, 0.3) is 10.1 Å². The number of fused-ring (bicyclic) bond motifs is 3. The number of nitrogens with one attached hydrogen (secondary N) is 2. The maximum atomic E-state index is 14.0. The normalized spacial score (nSPS) is 19.2. The van der Waals surface area contributed by atoms with Crippen molar-refractivity contribution in [2.75, 3.05) is 49.5 Å². The van der Waals surface area contributed by atoms with Crippen LogP contribution >= 0.6 is 11.3 Å². The van der Waals surface area contributed by atoms with E-state index in [-0.39, 0.29) is 53.5 Å². The predicted octanol–water partition coefficient (Wildman–Crippen LogP) is 7.11. The van der Waals surface area contributed by atoms with Crippen molar-refractivity contribution in [1.82, 2.24) is 4.90 Å². The quantitative estimate of drug-likeness (QED) is 0.0981. The molecular formula is C41H44N4O11S. The van der Waals surface area contributed by atoms with Crippen molar-refractivity contribution >= 4 is 68.3 Å². The SMILES string of the molecule is COC(=O)c1cc2cc(NC(=O)c3ccc(NC(=O)CCCOc4cc5c(cc4OC)C(=O)N4CCCC[C@H]4C(OC4CCCCO4)N5C(=O)O)cc3)ccc2s1. The van der Waals surface area contributed by atoms with Crippen molar-refractivity contribution in [1.29, 1.82) is 0 Å². The lowest BCUT2D eigenvalue weighted by Gasteiger charge is -2.42. The molecule has 300 valence electrons. The van der Waals surface area contributed by atoms with Gasteiger partial charge in [0.25, 0.3) is 11.8 Å². The highest BCUT2D eigenvalue weighted by Crippen LogP contribution is 2.42. The minimum Gasteiger partial charge on any atom is -0.493 e. The summed E-state index contributed by atoms with van der Waals surface area (Å²) in [5, 5.41) is 17.1. The van der Waals surface area contributed by atoms with Crippen LogP contribution in [-0.4, -0.2) is 92.3 Å². The number of carbonyl (C=O) groups is 5. The van der Waals surface area contributed by atoms with Crippen molar-refractivity contribution in [3.8, 4) is 11.5 Å². The molecule has 57 heavy (non-hydrogen) atoms. The number of methoxy groups -OCH3 is 2. The van der Waals surface area contributed by atoms with Gasteiger partial charge in [-0.2, -0.15) is 0 Å². The van der Waals surface area contributed by atoms with Crippen LogP contribution in [0.3, 0.4) is 0 Å². The minimum absolute atomic E-state index is 0.0917. The average molecular weight is 801 g/mol. The first kappa shape index (κ1) is 39.5. The van der Waals surface area contributed by atoms with Gasteiger partial charge >= 0.3 is 12.1 Å². The van der Waals surface area contributed by atoms with Gasteiger partial charge in [-0.05, 0) is 105 Å². The summed E-state index contributed by atoms with van der Waals surface area (Å²) in [6, 6.07) is 16.1. The first-order valence-electron chi connectivity index (χ1n) is 18.9. The van der Waals surface area contributed by atoms with Gasteiger partial charge in [0.05, 0.1) is 38.1 Å². The summed E-state index contributed by atoms with van der Waals surface area (Å²) in [7, 11) is 2.77. The molecule has 3 aliphatic heterocycles. The van der Waals surface area contributed by atoms with E-state index in [2.05, 4.69) is 10.6 Å². The number of esters is 1. The topological polar surface area (TPSA) is 182 Å². The van der Waals surface area contributed by atoms with Crippen molar-refractivity contribution in [2.24, 2.45) is 0 Å². The van der Waals surface area contributed by atoms with Crippen molar-refractivity contribution in [2.45, 2.75) is 69.9 Å². The third-order valence-corrected chi connectivity index (χ3v) is 11.3. The highest BCUT2D eigenvalue weighted by molar-refractivity contribution is 7.20. The molecule has 2 unspecified atom stereocenters. The Bertz CT molecular complexity index is 2150. The van der Waals surface area contributed by atoms with E-state index in [1.807, 2.05) is 6.07 Å². The zero-order valence-corrected chi connectivity index (χ0v) is 32.4. The molecule has 4 heterocycles. The number of anilines is 3. The summed E-state index contributed by atoms with van der Waals surface area (Å²) in [6.07, 6.45) is 2.19. The summed E-state index contributed by atoms with van der Waals surface area (Å²) in [5.41, 5.74) is 1.76. The number of ether oxygens (including phenoxy) is 5. The number of nitrogens with zero attached hydrogens (tertiary/aromatic N) is 2. The van der Waals surface area contributed by atoms with E-state index < -0.39 is 30.6 Å². The van der Waals surface area contributed by atoms with E-state index in [1.54, 1.807) is 47.4 Å². The Morgan fingerprint density at radius 1 is 0.912 bits per heavy atom. The zero-order chi connectivity index (χ0) is 40.1. The molecule has 3 aliphatic rings. The molecular weight excluding hydrogens is 757 g/mol. The number of carbonyl (C=O) groups excluding carboxylic acids is 4. The fourth-order valence-corrected chi connectivity index (χ4v) is 8.33. The lowest BCUT2D eigenvalue weighted by molar-refractivity contribution is -0.198. The number of amides is 4. The zero-order valence-electron chi connectivity index (χ0n) is 31.6. The summed E-state index contributed by atoms with van der Waals surface area (Å²) >= 11 is 1.31. The second-order valence-electron chi connectivity index (χ2n) is 13.9. The lowest BCUT2D eigenvalue weighted by Crippen LogP contribution is -2.57. The standard InChI is InChI=1S/C41H44N4O11S/c1-52-31-22-28-30(45(41(50)51)39(56-36-10-4-6-18-55-36)29-8-3-5-17-44(29)38(28)48)23-32(31)54-19-7-9-35(46)42-26-13-11-24(12-14-26)37(47)43-27-15-16-33-25(20-27)21-34(57-33)40(49)53-2/h11-16,20-23,29,36,39H,3-10,17-19H2,1-2H3,(H,42,46)(H,43,47)(H,50,51)/t29-,36?,39?/m0/s1. The van der Waals surface area contributed by atoms with Crippen molar-refractivity contribution < 1.29 is 52.8 Å². The fraction of sp³-hybridized carbons (Fsp3) is 0.390. The highest BCUT2D eigenvalue weighted by atomic mass is 32.1. The van der Waals surface area contributed by atoms with Gasteiger partial charge in [0.2, 0.25) is 5.91 Å². The number of carboxylic acid groups (broad SMARTS) is 1. The Morgan fingerprint density at radius 3 is 2.44 bits per heavy atom. The lowest BCUT2D eigenvalue weighted by atomic mass is 10.00. The number of hydrogen-bond donors (Lipinski definition) is 3. The summed E-state index contributed by atoms with van der Waals surface area (Å²) < 4.78 is 29.5. The molecule has 2 fully saturated rings. The van der Waals surface area contributed by atoms with Crippen LogP contribution in [0.2, 0.25) is 0 Å². The molecule has 4 amide bonds. The molecule has 1 aromatic heterocycles. The number of thiophene rings is 1. The van der Waals surface area contributed by atoms with Crippen LogP contribution in [0, 0.1) is 0 Å². The Hall–Kier alpha value is -5.71. The summed E-state index contributed by atoms with van der Waals surface area (Å²) in [4.78, 5) is 67.9. The third-order valence-electron chi connectivity index (χ3n) is 10.2. The van der Waals surface area contributed by atoms with Crippen LogP contribution < -0.4 is 25.0 Å². The highest BCUT2D eigenvalue weighted by Gasteiger charge is 2.46. The van der Waals surface area contributed by atoms with E-state index >= 15 is 0 Å². The fourth-order valence-electron chi connectivity index (χ4n) is 7.37. The molecule has 7 rings (SSSR count). The minimum atomic E-state index is -1.27. The Morgan fingerprint density at radius 2 is 1.70 bits per heavy atom. The Balaban J connectivity index is 0.967. The molecule has 3 atom stereocenters. The van der Waals surface area contributed by atoms with E-state index in [4.69, 9.17) is 23.7 Å². The van der Waals surface area contributed by atoms with Crippen molar-refractivity contribution in [3.63, 3.8) is 0 Å². The van der Waals surface area contributed by atoms with Gasteiger partial charge in [-0.1, -0.05) is 0 Å². The molecule has 0 aliphatic carbocycles. The van der Waals surface area contributed by atoms with Crippen LogP contribution in [0.15, 0.2) is 60.7 Å². The Labute approximate surface area is 332 Å². The van der Waals surface area contributed by atoms with Crippen LogP contribution in [-0.2, 0) is 19.0 Å². The monoisotopic (exact) mass is 800 g/mol. The molecule has 15 nitrogen and oxygen atoms in total. The molecule has 0 saturated carbocycles. The third kappa shape index (κ3) is 8.82. The molecule has 3 N–H and O–H groups in total. The van der Waals surface area contributed by atoms with Gasteiger partial charge in [-0.25, -0.2) is 14.5 Å². The van der Waals surface area contributed by atoms with Crippen LogP contribution in [0.5, 0.6) is 11.5 Å². The van der Waals surface area contributed by atoms with Crippen LogP contribution in [0.1, 0.15) is 81.8 Å². The first-order chi connectivity index (χ1) is 27.6. The van der Waals surface area contributed by atoms with E-state index in [9.17, 15) is 29.1 Å². The second-order valence-corrected chi connectivity index (χ2v) is 15.0. The van der Waals surface area contributed by atoms with E-state index in [1.165, 1.54) is 37.7 Å². The van der Waals surface area contributed by atoms with Gasteiger partial charge in [-0.3, -0.25) is 14.4 Å². The first-order valence-corrected chi connectivity index (χ1v) is 19.7. The number of hydrogen-bond acceptors (Lipinski definition) is 11. The predicted molar refractivity (Wildman–Crippen MR) is 212 cm³/mol. The molecule has 16 heteroatoms. The summed E-state index contributed by atoms with van der Waals surface area (Å²) in [5.74, 6) is -0.861. The second kappa shape index (κ2) is 17.6. The number of piperidine rings is 1. The van der Waals surface area contributed by atoms with Gasteiger partial charge in [0, 0.05) is 47.3 Å². The van der Waals surface area contributed by atoms with Crippen molar-refractivity contribution in [3.05, 3.63) is 76.7 Å². The Kier molecular flexibility index (Phi) is 12.2. The van der Waals surface area contributed by atoms with E-state index in [0.717, 1.165) is 40.7 Å². The maximum absolute atomic E-state index is 14.0. The number of benzene rings is 3.